The van der Waals surface area contributed by atoms with E-state index in [1.54, 1.807) is 0 Å². The molecule has 23 heavy (non-hydrogen) atoms. The number of aliphatic hydroxyl groups excluding tert-OH is 2. The van der Waals surface area contributed by atoms with Gasteiger partial charge in [0.2, 0.25) is 5.91 Å². The molecular weight excluding hydrogens is 292 g/mol. The first kappa shape index (κ1) is 15.6. The van der Waals surface area contributed by atoms with Gasteiger partial charge in [-0.15, -0.1) is 0 Å². The quantitative estimate of drug-likeness (QED) is 0.634. The van der Waals surface area contributed by atoms with E-state index in [9.17, 15) is 15.0 Å². The molecule has 0 spiro atoms. The summed E-state index contributed by atoms with van der Waals surface area (Å²) in [7, 11) is 0. The minimum absolute atomic E-state index is 0.0749. The zero-order valence-corrected chi connectivity index (χ0v) is 13.7. The third-order valence-corrected chi connectivity index (χ3v) is 6.38. The largest absolute Gasteiger partial charge is 0.390 e. The van der Waals surface area contributed by atoms with Crippen molar-refractivity contribution in [1.29, 1.82) is 0 Å². The molecule has 3 N–H and O–H groups in total. The number of nitrogens with one attached hydrogen (secondary N) is 1. The lowest BCUT2D eigenvalue weighted by Gasteiger charge is -2.45. The van der Waals surface area contributed by atoms with E-state index in [2.05, 4.69) is 16.3 Å². The van der Waals surface area contributed by atoms with Gasteiger partial charge in [0.1, 0.15) is 6.17 Å². The van der Waals surface area contributed by atoms with Gasteiger partial charge in [-0.25, -0.2) is 0 Å². The van der Waals surface area contributed by atoms with Gasteiger partial charge >= 0.3 is 0 Å². The molecule has 2 aliphatic carbocycles. The van der Waals surface area contributed by atoms with Gasteiger partial charge in [0.25, 0.3) is 0 Å². The fraction of sp³-hybridized carbons (Fsp3) is 0.833. The van der Waals surface area contributed by atoms with E-state index in [0.717, 1.165) is 32.2 Å². The molecule has 0 aromatic rings. The van der Waals surface area contributed by atoms with Crippen LogP contribution < -0.4 is 5.32 Å². The maximum Gasteiger partial charge on any atom is 0.226 e. The van der Waals surface area contributed by atoms with E-state index in [1.807, 2.05) is 0 Å². The highest BCUT2D eigenvalue weighted by Gasteiger charge is 2.46. The molecule has 2 saturated heterocycles. The summed E-state index contributed by atoms with van der Waals surface area (Å²) in [6.45, 7) is 1.04. The van der Waals surface area contributed by atoms with E-state index < -0.39 is 12.2 Å². The van der Waals surface area contributed by atoms with Crippen molar-refractivity contribution < 1.29 is 15.0 Å². The van der Waals surface area contributed by atoms with Gasteiger partial charge in [0.15, 0.2) is 0 Å². The molecule has 4 rings (SSSR count). The smallest absolute Gasteiger partial charge is 0.226 e. The van der Waals surface area contributed by atoms with Crippen LogP contribution in [0.4, 0.5) is 0 Å². The second-order valence-corrected chi connectivity index (χ2v) is 7.81. The SMILES string of the molecule is O=C1NC2/C(=C\C3CCC(O)C(O)C3)CCN2C2CCCCC12. The Kier molecular flexibility index (Phi) is 4.20. The molecule has 2 heterocycles. The zero-order valence-electron chi connectivity index (χ0n) is 13.7. The van der Waals surface area contributed by atoms with Crippen LogP contribution in [0.2, 0.25) is 0 Å². The van der Waals surface area contributed by atoms with Crippen molar-refractivity contribution in [2.45, 2.75) is 75.8 Å². The molecule has 6 atom stereocenters. The molecule has 5 heteroatoms. The lowest BCUT2D eigenvalue weighted by Crippen LogP contribution is -2.61. The molecule has 1 amide bonds. The summed E-state index contributed by atoms with van der Waals surface area (Å²) in [6.07, 6.45) is 9.03. The fourth-order valence-corrected chi connectivity index (χ4v) is 5.12. The summed E-state index contributed by atoms with van der Waals surface area (Å²) >= 11 is 0. The summed E-state index contributed by atoms with van der Waals surface area (Å²) in [5, 5.41) is 22.8. The Bertz CT molecular complexity index is 506. The number of allylic oxidation sites excluding steroid dienone is 1. The lowest BCUT2D eigenvalue weighted by molar-refractivity contribution is -0.135. The van der Waals surface area contributed by atoms with E-state index in [4.69, 9.17) is 0 Å². The fourth-order valence-electron chi connectivity index (χ4n) is 5.12. The minimum Gasteiger partial charge on any atom is -0.390 e. The van der Waals surface area contributed by atoms with Crippen LogP contribution in [0.15, 0.2) is 11.6 Å². The van der Waals surface area contributed by atoms with E-state index in [0.29, 0.717) is 24.8 Å². The van der Waals surface area contributed by atoms with Gasteiger partial charge in [-0.1, -0.05) is 18.9 Å². The summed E-state index contributed by atoms with van der Waals surface area (Å²) in [5.74, 6) is 0.748. The Morgan fingerprint density at radius 3 is 2.74 bits per heavy atom. The number of carbonyl (C=O) groups excluding carboxylic acids is 1. The molecule has 0 aromatic heterocycles. The van der Waals surface area contributed by atoms with E-state index >= 15 is 0 Å². The minimum atomic E-state index is -0.605. The van der Waals surface area contributed by atoms with Crippen molar-refractivity contribution in [2.75, 3.05) is 6.54 Å². The highest BCUT2D eigenvalue weighted by atomic mass is 16.3. The molecule has 2 aliphatic heterocycles. The molecule has 6 unspecified atom stereocenters. The lowest BCUT2D eigenvalue weighted by atomic mass is 9.81. The number of nitrogens with zero attached hydrogens (tertiary/aromatic N) is 1. The topological polar surface area (TPSA) is 72.8 Å². The molecule has 4 aliphatic rings. The Hall–Kier alpha value is -0.910. The monoisotopic (exact) mass is 320 g/mol. The third-order valence-electron chi connectivity index (χ3n) is 6.38. The maximum atomic E-state index is 12.5. The van der Waals surface area contributed by atoms with E-state index in [1.165, 1.54) is 18.4 Å². The van der Waals surface area contributed by atoms with Gasteiger partial charge in [-0.2, -0.15) is 0 Å². The number of rotatable bonds is 1. The summed E-state index contributed by atoms with van der Waals surface area (Å²) < 4.78 is 0. The second-order valence-electron chi connectivity index (χ2n) is 7.81. The van der Waals surface area contributed by atoms with Crippen LogP contribution in [0.3, 0.4) is 0 Å². The van der Waals surface area contributed by atoms with Crippen molar-refractivity contribution in [3.8, 4) is 0 Å². The Morgan fingerprint density at radius 2 is 1.91 bits per heavy atom. The van der Waals surface area contributed by atoms with Crippen molar-refractivity contribution >= 4 is 5.91 Å². The molecule has 0 aromatic carbocycles. The van der Waals surface area contributed by atoms with Crippen molar-refractivity contribution in [2.24, 2.45) is 11.8 Å². The van der Waals surface area contributed by atoms with Gasteiger partial charge in [0, 0.05) is 12.6 Å². The van der Waals surface area contributed by atoms with Crippen LogP contribution in [-0.4, -0.2) is 52.0 Å². The maximum absolute atomic E-state index is 12.5. The van der Waals surface area contributed by atoms with Crippen molar-refractivity contribution in [3.63, 3.8) is 0 Å². The predicted molar refractivity (Wildman–Crippen MR) is 86.4 cm³/mol. The Balaban J connectivity index is 1.49. The van der Waals surface area contributed by atoms with Crippen molar-refractivity contribution in [3.05, 3.63) is 11.6 Å². The average Bonchev–Trinajstić information content (AvgIpc) is 2.94. The molecule has 128 valence electrons. The predicted octanol–water partition coefficient (Wildman–Crippen LogP) is 1.16. The number of hydrogen-bond donors (Lipinski definition) is 3. The van der Waals surface area contributed by atoms with Crippen LogP contribution in [0, 0.1) is 11.8 Å². The average molecular weight is 320 g/mol. The van der Waals surface area contributed by atoms with Crippen LogP contribution in [0.1, 0.15) is 51.4 Å². The van der Waals surface area contributed by atoms with Gasteiger partial charge < -0.3 is 15.5 Å². The highest BCUT2D eigenvalue weighted by molar-refractivity contribution is 5.81. The van der Waals surface area contributed by atoms with Crippen LogP contribution >= 0.6 is 0 Å². The first-order valence-electron chi connectivity index (χ1n) is 9.26. The van der Waals surface area contributed by atoms with E-state index in [-0.39, 0.29) is 18.0 Å². The summed E-state index contributed by atoms with van der Waals surface area (Å²) in [6, 6.07) is 0.423. The van der Waals surface area contributed by atoms with Crippen molar-refractivity contribution in [1.82, 2.24) is 10.2 Å². The van der Waals surface area contributed by atoms with Gasteiger partial charge in [-0.05, 0) is 50.0 Å². The molecule has 4 fully saturated rings. The molecule has 2 saturated carbocycles. The second kappa shape index (κ2) is 6.19. The molecular formula is C18H28N2O3. The number of carbonyl (C=O) groups is 1. The first-order valence-corrected chi connectivity index (χ1v) is 9.26. The normalized spacial score (nSPS) is 46.3. The molecule has 0 radical (unpaired) electrons. The number of aliphatic hydroxyl groups is 2. The standard InChI is InChI=1S/C18H28N2O3/c21-15-6-5-11(10-16(15)22)9-12-7-8-20-14-4-2-1-3-13(14)18(23)19-17(12)20/h9,11,13-17,21-22H,1-8,10H2,(H,19,23)/b12-9-. The van der Waals surface area contributed by atoms with Crippen LogP contribution in [-0.2, 0) is 4.79 Å². The molecule has 5 nitrogen and oxygen atoms in total. The Morgan fingerprint density at radius 1 is 1.09 bits per heavy atom. The number of hydrogen-bond acceptors (Lipinski definition) is 4. The third kappa shape index (κ3) is 2.83. The highest BCUT2D eigenvalue weighted by Crippen LogP contribution is 2.39. The Labute approximate surface area is 137 Å². The number of amides is 1. The number of fused-ring (bicyclic) bond motifs is 3. The summed E-state index contributed by atoms with van der Waals surface area (Å²) in [5.41, 5.74) is 1.32. The summed E-state index contributed by atoms with van der Waals surface area (Å²) in [4.78, 5) is 15.0. The van der Waals surface area contributed by atoms with Crippen LogP contribution in [0.25, 0.3) is 0 Å². The first-order chi connectivity index (χ1) is 11.1. The zero-order chi connectivity index (χ0) is 16.0. The van der Waals surface area contributed by atoms with Gasteiger partial charge in [0.05, 0.1) is 18.1 Å². The van der Waals surface area contributed by atoms with Gasteiger partial charge in [-0.3, -0.25) is 9.69 Å². The molecule has 0 bridgehead atoms. The van der Waals surface area contributed by atoms with Crippen LogP contribution in [0.5, 0.6) is 0 Å².